The van der Waals surface area contributed by atoms with E-state index in [0.717, 1.165) is 24.0 Å². The first-order chi connectivity index (χ1) is 10.8. The van der Waals surface area contributed by atoms with Gasteiger partial charge in [-0.3, -0.25) is 0 Å². The van der Waals surface area contributed by atoms with E-state index in [1.807, 2.05) is 6.07 Å². The molecule has 0 aromatic heterocycles. The molecule has 0 amide bonds. The van der Waals surface area contributed by atoms with Crippen LogP contribution in [0.3, 0.4) is 0 Å². The molecule has 22 heavy (non-hydrogen) atoms. The van der Waals surface area contributed by atoms with Gasteiger partial charge in [0.05, 0.1) is 13.1 Å². The van der Waals surface area contributed by atoms with Crippen molar-refractivity contribution in [2.45, 2.75) is 25.9 Å². The second kappa shape index (κ2) is 6.31. The zero-order valence-electron chi connectivity index (χ0n) is 12.0. The van der Waals surface area contributed by atoms with E-state index >= 15 is 0 Å². The van der Waals surface area contributed by atoms with E-state index in [0.29, 0.717) is 0 Å². The van der Waals surface area contributed by atoms with Crippen LogP contribution in [0.4, 0.5) is 0 Å². The summed E-state index contributed by atoms with van der Waals surface area (Å²) in [7, 11) is 0. The molecule has 108 valence electrons. The van der Waals surface area contributed by atoms with Crippen LogP contribution < -0.4 is 0 Å². The van der Waals surface area contributed by atoms with Crippen molar-refractivity contribution in [2.24, 2.45) is 9.98 Å². The van der Waals surface area contributed by atoms with Gasteiger partial charge in [0.25, 0.3) is 0 Å². The molecule has 0 aliphatic heterocycles. The average Bonchev–Trinajstić information content (AvgIpc) is 2.66. The summed E-state index contributed by atoms with van der Waals surface area (Å²) >= 11 is 0. The van der Waals surface area contributed by atoms with Crippen LogP contribution in [0.25, 0.3) is 0 Å². The van der Waals surface area contributed by atoms with Gasteiger partial charge in [-0.25, -0.2) is 19.6 Å². The zero-order chi connectivity index (χ0) is 15.4. The van der Waals surface area contributed by atoms with Crippen LogP contribution in [0.2, 0.25) is 0 Å². The third kappa shape index (κ3) is 2.79. The van der Waals surface area contributed by atoms with Gasteiger partial charge in [-0.15, -0.1) is 0 Å². The number of rotatable bonds is 4. The molecule has 2 bridgehead atoms. The van der Waals surface area contributed by atoms with Crippen molar-refractivity contribution in [3.8, 4) is 0 Å². The predicted molar refractivity (Wildman–Crippen MR) is 82.1 cm³/mol. The van der Waals surface area contributed by atoms with Gasteiger partial charge in [0.2, 0.25) is 12.2 Å². The molecule has 0 spiro atoms. The largest absolute Gasteiger partial charge is 0.235 e. The van der Waals surface area contributed by atoms with Gasteiger partial charge >= 0.3 is 0 Å². The SMILES string of the molecule is O=C=NCc1ccc2c(c1CN=C=O)Cc1cccc(c1)C2. The van der Waals surface area contributed by atoms with Crippen LogP contribution in [0.1, 0.15) is 33.4 Å². The van der Waals surface area contributed by atoms with Crippen molar-refractivity contribution in [3.63, 3.8) is 0 Å². The molecule has 2 aromatic rings. The smallest absolute Gasteiger partial charge is 0.211 e. The van der Waals surface area contributed by atoms with Gasteiger partial charge in [-0.1, -0.05) is 36.4 Å². The van der Waals surface area contributed by atoms with Crippen molar-refractivity contribution in [2.75, 3.05) is 0 Å². The van der Waals surface area contributed by atoms with Crippen molar-refractivity contribution < 1.29 is 9.59 Å². The van der Waals surface area contributed by atoms with Crippen molar-refractivity contribution in [1.29, 1.82) is 0 Å². The minimum absolute atomic E-state index is 0.262. The highest BCUT2D eigenvalue weighted by Gasteiger charge is 2.17. The van der Waals surface area contributed by atoms with Gasteiger partial charge in [-0.05, 0) is 46.2 Å². The molecule has 0 unspecified atom stereocenters. The Morgan fingerprint density at radius 1 is 0.909 bits per heavy atom. The summed E-state index contributed by atoms with van der Waals surface area (Å²) < 4.78 is 0. The minimum atomic E-state index is 0.262. The van der Waals surface area contributed by atoms with E-state index in [2.05, 4.69) is 40.3 Å². The summed E-state index contributed by atoms with van der Waals surface area (Å²) in [5, 5.41) is 0. The summed E-state index contributed by atoms with van der Waals surface area (Å²) in [5.41, 5.74) is 6.82. The Labute approximate surface area is 128 Å². The van der Waals surface area contributed by atoms with E-state index in [1.54, 1.807) is 12.2 Å². The lowest BCUT2D eigenvalue weighted by atomic mass is 9.91. The summed E-state index contributed by atoms with van der Waals surface area (Å²) in [5.74, 6) is 0. The quantitative estimate of drug-likeness (QED) is 0.548. The molecule has 0 heterocycles. The maximum Gasteiger partial charge on any atom is 0.235 e. The van der Waals surface area contributed by atoms with E-state index < -0.39 is 0 Å². The molecular formula is C18H14N2O2. The Bertz CT molecular complexity index is 814. The molecule has 0 saturated carbocycles. The molecule has 0 N–H and O–H groups in total. The number of benzene rings is 2. The lowest BCUT2D eigenvalue weighted by Crippen LogP contribution is -2.04. The van der Waals surface area contributed by atoms with Crippen molar-refractivity contribution in [1.82, 2.24) is 0 Å². The monoisotopic (exact) mass is 290 g/mol. The van der Waals surface area contributed by atoms with E-state index in [1.165, 1.54) is 22.3 Å². The van der Waals surface area contributed by atoms with Gasteiger partial charge in [0.1, 0.15) is 0 Å². The first kappa shape index (κ1) is 14.2. The van der Waals surface area contributed by atoms with E-state index in [9.17, 15) is 9.59 Å². The Balaban J connectivity index is 2.13. The van der Waals surface area contributed by atoms with Crippen molar-refractivity contribution >= 4 is 12.2 Å². The van der Waals surface area contributed by atoms with E-state index in [4.69, 9.17) is 0 Å². The van der Waals surface area contributed by atoms with Gasteiger partial charge in [0.15, 0.2) is 0 Å². The molecule has 0 fully saturated rings. The highest BCUT2D eigenvalue weighted by atomic mass is 16.1. The standard InChI is InChI=1S/C18H14N2O2/c21-11-19-9-16-5-4-15-7-13-2-1-3-14(6-13)8-17(15)18(16)10-20-12-22/h1-6H,7-10H2. The normalized spacial score (nSPS) is 11.6. The molecular weight excluding hydrogens is 276 g/mol. The third-order valence-electron chi connectivity index (χ3n) is 4.01. The van der Waals surface area contributed by atoms with Crippen LogP contribution >= 0.6 is 0 Å². The molecule has 0 saturated heterocycles. The first-order valence-electron chi connectivity index (χ1n) is 7.09. The summed E-state index contributed by atoms with van der Waals surface area (Å²) in [6, 6.07) is 12.5. The fraction of sp³-hybridized carbons (Fsp3) is 0.222. The zero-order valence-corrected chi connectivity index (χ0v) is 12.0. The third-order valence-corrected chi connectivity index (χ3v) is 4.01. The van der Waals surface area contributed by atoms with Crippen LogP contribution in [0.15, 0.2) is 46.4 Å². The minimum Gasteiger partial charge on any atom is -0.211 e. The fourth-order valence-electron chi connectivity index (χ4n) is 3.02. The Hall–Kier alpha value is -2.80. The number of aliphatic imine (C=N–C) groups is 2. The van der Waals surface area contributed by atoms with Crippen LogP contribution in [-0.2, 0) is 35.5 Å². The van der Waals surface area contributed by atoms with Gasteiger partial charge in [0, 0.05) is 0 Å². The van der Waals surface area contributed by atoms with Gasteiger partial charge in [-0.2, -0.15) is 0 Å². The maximum absolute atomic E-state index is 10.5. The molecule has 4 nitrogen and oxygen atoms in total. The Morgan fingerprint density at radius 3 is 2.41 bits per heavy atom. The predicted octanol–water partition coefficient (Wildman–Crippen LogP) is 2.85. The van der Waals surface area contributed by atoms with Crippen LogP contribution in [0.5, 0.6) is 0 Å². The molecule has 4 heteroatoms. The maximum atomic E-state index is 10.5. The number of hydrogen-bond acceptors (Lipinski definition) is 4. The number of isocyanates is 2. The summed E-state index contributed by atoms with van der Waals surface area (Å²) in [4.78, 5) is 28.3. The number of nitrogens with zero attached hydrogens (tertiary/aromatic N) is 2. The van der Waals surface area contributed by atoms with Crippen molar-refractivity contribution in [3.05, 3.63) is 69.8 Å². The summed E-state index contributed by atoms with van der Waals surface area (Å²) in [6.07, 6.45) is 4.82. The number of fused-ring (bicyclic) bond motifs is 3. The van der Waals surface area contributed by atoms with Crippen LogP contribution in [-0.4, -0.2) is 12.2 Å². The Kier molecular flexibility index (Phi) is 4.06. The van der Waals surface area contributed by atoms with Crippen LogP contribution in [0, 0.1) is 0 Å². The molecule has 3 rings (SSSR count). The lowest BCUT2D eigenvalue weighted by molar-refractivity contribution is 0.561. The second-order valence-electron chi connectivity index (χ2n) is 5.33. The highest BCUT2D eigenvalue weighted by Crippen LogP contribution is 2.29. The highest BCUT2D eigenvalue weighted by molar-refractivity contribution is 5.49. The average molecular weight is 290 g/mol. The Morgan fingerprint density at radius 2 is 1.64 bits per heavy atom. The van der Waals surface area contributed by atoms with Gasteiger partial charge < -0.3 is 0 Å². The number of carbonyl (C=O) groups excluding carboxylic acids is 2. The molecule has 1 aliphatic carbocycles. The molecule has 2 aromatic carbocycles. The summed E-state index contributed by atoms with van der Waals surface area (Å²) in [6.45, 7) is 0.532. The second-order valence-corrected chi connectivity index (χ2v) is 5.33. The van der Waals surface area contributed by atoms with E-state index in [-0.39, 0.29) is 13.1 Å². The molecule has 0 atom stereocenters. The first-order valence-corrected chi connectivity index (χ1v) is 7.09. The molecule has 1 aliphatic rings. The molecule has 0 radical (unpaired) electrons. The lowest BCUT2D eigenvalue weighted by Gasteiger charge is -2.15. The fourth-order valence-corrected chi connectivity index (χ4v) is 3.02. The number of hydrogen-bond donors (Lipinski definition) is 0. The topological polar surface area (TPSA) is 58.9 Å².